The van der Waals surface area contributed by atoms with Crippen LogP contribution in [0.15, 0.2) is 0 Å². The number of thiol groups is 2. The normalized spacial score (nSPS) is 11.8. The van der Waals surface area contributed by atoms with Gasteiger partial charge in [0.2, 0.25) is 4.38 Å². The lowest BCUT2D eigenvalue weighted by molar-refractivity contribution is 0.271. The van der Waals surface area contributed by atoms with Gasteiger partial charge in [0.25, 0.3) is 0 Å². The molecule has 0 aromatic heterocycles. The van der Waals surface area contributed by atoms with Crippen molar-refractivity contribution in [1.82, 2.24) is 5.32 Å². The van der Waals surface area contributed by atoms with Gasteiger partial charge in [0.05, 0.1) is 0 Å². The fourth-order valence-electron chi connectivity index (χ4n) is 0.260. The Morgan fingerprint density at radius 3 is 2.30 bits per heavy atom. The van der Waals surface area contributed by atoms with E-state index in [2.05, 4.69) is 59.7 Å². The zero-order valence-corrected chi connectivity index (χ0v) is 8.20. The van der Waals surface area contributed by atoms with Crippen molar-refractivity contribution in [3.05, 3.63) is 0 Å². The van der Waals surface area contributed by atoms with Gasteiger partial charge in [-0.1, -0.05) is 24.8 Å². The second-order valence-corrected chi connectivity index (χ2v) is 3.49. The number of hydrogen-bond donors (Lipinski definition) is 3. The first kappa shape index (κ1) is 10.5. The molecule has 0 saturated carbocycles. The van der Waals surface area contributed by atoms with Gasteiger partial charge >= 0.3 is 0 Å². The number of thiocarbonyl (C=S) groups is 2. The van der Waals surface area contributed by atoms with Gasteiger partial charge in [-0.05, 0) is 12.2 Å². The molecule has 0 saturated heterocycles. The Kier molecular flexibility index (Phi) is 5.51. The summed E-state index contributed by atoms with van der Waals surface area (Å²) in [5.41, 5.74) is 0. The molecule has 0 fully saturated rings. The summed E-state index contributed by atoms with van der Waals surface area (Å²) in [6.07, 6.45) is -0.769. The highest BCUT2D eigenvalue weighted by atomic mass is 32.1. The van der Waals surface area contributed by atoms with Crippen LogP contribution in [0.3, 0.4) is 0 Å². The average Bonchev–Trinajstić information content (AvgIpc) is 1.58. The topological polar surface area (TPSA) is 21.3 Å². The molecule has 0 aliphatic rings. The van der Waals surface area contributed by atoms with Crippen LogP contribution in [0.1, 0.15) is 0 Å². The Morgan fingerprint density at radius 2 is 2.00 bits per heavy atom. The van der Waals surface area contributed by atoms with Crippen molar-refractivity contribution < 1.29 is 4.74 Å². The van der Waals surface area contributed by atoms with E-state index in [1.54, 1.807) is 0 Å². The van der Waals surface area contributed by atoms with Gasteiger partial charge in [-0.3, -0.25) is 0 Å². The third-order valence-electron chi connectivity index (χ3n) is 0.494. The average molecular weight is 209 g/mol. The smallest absolute Gasteiger partial charge is 0.218 e. The third kappa shape index (κ3) is 6.66. The molecular formula is C3H4BNOS4. The molecule has 1 atom stereocenters. The van der Waals surface area contributed by atoms with Crippen molar-refractivity contribution in [2.75, 3.05) is 0 Å². The lowest BCUT2D eigenvalue weighted by Crippen LogP contribution is -2.34. The summed E-state index contributed by atoms with van der Waals surface area (Å²) in [5.74, 6) is 0. The fourth-order valence-corrected chi connectivity index (χ4v) is 0.720. The standard InChI is InChI=1S/C3H4BNOS4/c4-1(5-2(7)8)6-3(9)10/h1H,(H,9,10)(H2,5,7,8). The predicted molar refractivity (Wildman–Crippen MR) is 56.9 cm³/mol. The minimum absolute atomic E-state index is 0.0598. The molecule has 0 spiro atoms. The third-order valence-corrected chi connectivity index (χ3v) is 0.942. The van der Waals surface area contributed by atoms with Crippen LogP contribution in [0.2, 0.25) is 0 Å². The van der Waals surface area contributed by atoms with Crippen molar-refractivity contribution >= 4 is 66.2 Å². The van der Waals surface area contributed by atoms with E-state index >= 15 is 0 Å². The first-order valence-corrected chi connectivity index (χ1v) is 3.88. The van der Waals surface area contributed by atoms with Crippen LogP contribution < -0.4 is 5.32 Å². The molecule has 2 nitrogen and oxygen atoms in total. The SMILES string of the molecule is [B]C(NC(=S)S)OC(=S)S. The Labute approximate surface area is 82.3 Å². The van der Waals surface area contributed by atoms with E-state index < -0.39 is 6.13 Å². The maximum atomic E-state index is 5.27. The summed E-state index contributed by atoms with van der Waals surface area (Å²) < 4.78 is 4.99. The molecule has 0 amide bonds. The Balaban J connectivity index is 3.53. The molecule has 0 bridgehead atoms. The van der Waals surface area contributed by atoms with Crippen LogP contribution in [0.4, 0.5) is 0 Å². The maximum Gasteiger partial charge on any atom is 0.218 e. The minimum atomic E-state index is -0.769. The highest BCUT2D eigenvalue weighted by Crippen LogP contribution is 1.91. The van der Waals surface area contributed by atoms with Crippen molar-refractivity contribution in [3.63, 3.8) is 0 Å². The fraction of sp³-hybridized carbons (Fsp3) is 0.333. The van der Waals surface area contributed by atoms with Crippen LogP contribution in [0.5, 0.6) is 0 Å². The largest absolute Gasteiger partial charge is 0.465 e. The predicted octanol–water partition coefficient (Wildman–Crippen LogP) is 0.474. The first-order chi connectivity index (χ1) is 4.52. The number of ether oxygens (including phenoxy) is 1. The first-order valence-electron chi connectivity index (χ1n) is 2.17. The van der Waals surface area contributed by atoms with Gasteiger partial charge < -0.3 is 10.1 Å². The van der Waals surface area contributed by atoms with Crippen LogP contribution in [-0.2, 0) is 4.74 Å². The number of hydrogen-bond acceptors (Lipinski definition) is 3. The van der Waals surface area contributed by atoms with Crippen LogP contribution in [0.25, 0.3) is 0 Å². The quantitative estimate of drug-likeness (QED) is 0.266. The molecule has 7 heteroatoms. The van der Waals surface area contributed by atoms with E-state index in [9.17, 15) is 0 Å². The monoisotopic (exact) mass is 209 g/mol. The minimum Gasteiger partial charge on any atom is -0.465 e. The van der Waals surface area contributed by atoms with Crippen molar-refractivity contribution in [1.29, 1.82) is 0 Å². The molecule has 1 unspecified atom stereocenters. The van der Waals surface area contributed by atoms with Gasteiger partial charge in [-0.15, -0.1) is 12.6 Å². The summed E-state index contributed by atoms with van der Waals surface area (Å²) in [4.78, 5) is 0. The Hall–Kier alpha value is 0.545. The lowest BCUT2D eigenvalue weighted by Gasteiger charge is -2.14. The van der Waals surface area contributed by atoms with E-state index in [1.807, 2.05) is 0 Å². The van der Waals surface area contributed by atoms with Gasteiger partial charge in [0.15, 0.2) is 7.85 Å². The van der Waals surface area contributed by atoms with Gasteiger partial charge in [-0.2, -0.15) is 0 Å². The van der Waals surface area contributed by atoms with Crippen LogP contribution >= 0.6 is 49.7 Å². The van der Waals surface area contributed by atoms with Crippen LogP contribution in [-0.4, -0.2) is 22.7 Å². The van der Waals surface area contributed by atoms with Gasteiger partial charge in [-0.25, -0.2) is 0 Å². The van der Waals surface area contributed by atoms with Gasteiger partial charge in [0.1, 0.15) is 10.4 Å². The number of rotatable bonds is 2. The molecule has 0 rings (SSSR count). The van der Waals surface area contributed by atoms with E-state index in [1.165, 1.54) is 0 Å². The molecule has 10 heavy (non-hydrogen) atoms. The molecule has 1 N–H and O–H groups in total. The van der Waals surface area contributed by atoms with E-state index in [-0.39, 0.29) is 8.70 Å². The number of nitrogens with one attached hydrogen (secondary N) is 1. The molecule has 2 radical (unpaired) electrons. The lowest BCUT2D eigenvalue weighted by atomic mass is 10.1. The molecule has 0 aliphatic heterocycles. The maximum absolute atomic E-state index is 5.27. The highest BCUT2D eigenvalue weighted by molar-refractivity contribution is 8.11. The molecule has 0 aromatic rings. The van der Waals surface area contributed by atoms with E-state index in [0.717, 1.165) is 0 Å². The second kappa shape index (κ2) is 5.23. The molecule has 0 heterocycles. The highest BCUT2D eigenvalue weighted by Gasteiger charge is 2.01. The van der Waals surface area contributed by atoms with Crippen molar-refractivity contribution in [2.45, 2.75) is 6.13 Å². The Bertz CT molecular complexity index is 135. The summed E-state index contributed by atoms with van der Waals surface area (Å²) in [6, 6.07) is 0. The van der Waals surface area contributed by atoms with Crippen molar-refractivity contribution in [2.24, 2.45) is 0 Å². The molecule has 0 aliphatic carbocycles. The zero-order valence-electron chi connectivity index (χ0n) is 4.77. The summed E-state index contributed by atoms with van der Waals surface area (Å²) in [5, 5.41) is 2.49. The molecular weight excluding hydrogens is 205 g/mol. The zero-order chi connectivity index (χ0) is 8.15. The summed E-state index contributed by atoms with van der Waals surface area (Å²) in [7, 11) is 5.27. The molecule has 54 valence electrons. The van der Waals surface area contributed by atoms with E-state index in [4.69, 9.17) is 7.85 Å². The van der Waals surface area contributed by atoms with Gasteiger partial charge in [0, 0.05) is 0 Å². The van der Waals surface area contributed by atoms with E-state index in [0.29, 0.717) is 0 Å². The summed E-state index contributed by atoms with van der Waals surface area (Å²) in [6.45, 7) is 0. The van der Waals surface area contributed by atoms with Crippen LogP contribution in [0, 0.1) is 0 Å². The molecule has 0 aromatic carbocycles. The summed E-state index contributed by atoms with van der Waals surface area (Å²) >= 11 is 16.5. The second-order valence-electron chi connectivity index (χ2n) is 1.25. The Morgan fingerprint density at radius 1 is 1.50 bits per heavy atom. The van der Waals surface area contributed by atoms with Crippen molar-refractivity contribution in [3.8, 4) is 0 Å².